The average molecular weight is 366 g/mol. The van der Waals surface area contributed by atoms with Gasteiger partial charge in [0.2, 0.25) is 0 Å². The molecule has 0 aliphatic rings. The highest BCUT2D eigenvalue weighted by atomic mass is 19.1. The molecule has 0 aliphatic heterocycles. The number of benzene rings is 2. The fourth-order valence-corrected chi connectivity index (χ4v) is 2.55. The average Bonchev–Trinajstić information content (AvgIpc) is 2.67. The summed E-state index contributed by atoms with van der Waals surface area (Å²) in [4.78, 5) is 15.3. The summed E-state index contributed by atoms with van der Waals surface area (Å²) in [6.07, 6.45) is 4.27. The Kier molecular flexibility index (Phi) is 5.38. The van der Waals surface area contributed by atoms with Crippen molar-refractivity contribution in [1.29, 1.82) is 0 Å². The third kappa shape index (κ3) is 4.24. The van der Waals surface area contributed by atoms with Gasteiger partial charge < -0.3 is 0 Å². The van der Waals surface area contributed by atoms with Crippen LogP contribution in [0.25, 0.3) is 23.4 Å². The van der Waals surface area contributed by atoms with Gasteiger partial charge in [-0.1, -0.05) is 30.4 Å². The lowest BCUT2D eigenvalue weighted by Crippen LogP contribution is -2.18. The molecule has 2 aromatic carbocycles. The maximum Gasteiger partial charge on any atom is 0.274 e. The van der Waals surface area contributed by atoms with E-state index in [4.69, 9.17) is 5.21 Å². The molecule has 1 heterocycles. The number of halogens is 2. The molecular weight excluding hydrogens is 350 g/mol. The second kappa shape index (κ2) is 7.88. The molecule has 2 N–H and O–H groups in total. The lowest BCUT2D eigenvalue weighted by molar-refractivity contribution is 0.0706. The van der Waals surface area contributed by atoms with E-state index in [0.717, 1.165) is 17.3 Å². The Morgan fingerprint density at radius 2 is 1.78 bits per heavy atom. The highest BCUT2D eigenvalue weighted by molar-refractivity contribution is 5.93. The van der Waals surface area contributed by atoms with E-state index < -0.39 is 17.5 Å². The van der Waals surface area contributed by atoms with Crippen molar-refractivity contribution in [3.8, 4) is 11.3 Å². The molecular formula is C21H16F2N2O2. The number of hydroxylamine groups is 1. The third-order valence-electron chi connectivity index (χ3n) is 4.02. The van der Waals surface area contributed by atoms with Gasteiger partial charge in [-0.3, -0.25) is 15.0 Å². The van der Waals surface area contributed by atoms with Crippen LogP contribution in [0.5, 0.6) is 0 Å². The first-order valence-corrected chi connectivity index (χ1v) is 8.12. The van der Waals surface area contributed by atoms with Crippen molar-refractivity contribution >= 4 is 18.1 Å². The van der Waals surface area contributed by atoms with E-state index in [1.807, 2.05) is 0 Å². The molecule has 1 amide bonds. The van der Waals surface area contributed by atoms with Crippen molar-refractivity contribution in [2.75, 3.05) is 0 Å². The fraction of sp³-hybridized carbons (Fsp3) is 0.0476. The van der Waals surface area contributed by atoms with Gasteiger partial charge in [-0.15, -0.1) is 0 Å². The van der Waals surface area contributed by atoms with Gasteiger partial charge in [-0.2, -0.15) is 0 Å². The minimum Gasteiger partial charge on any atom is -0.288 e. The van der Waals surface area contributed by atoms with E-state index in [1.165, 1.54) is 24.3 Å². The summed E-state index contributed by atoms with van der Waals surface area (Å²) in [5.41, 5.74) is 4.26. The molecule has 0 saturated carbocycles. The first-order valence-electron chi connectivity index (χ1n) is 8.12. The maximum atomic E-state index is 14.1. The molecule has 0 unspecified atom stereocenters. The second-order valence-electron chi connectivity index (χ2n) is 5.97. The van der Waals surface area contributed by atoms with Gasteiger partial charge in [-0.25, -0.2) is 14.3 Å². The Balaban J connectivity index is 1.88. The fourth-order valence-electron chi connectivity index (χ4n) is 2.55. The molecule has 1 aromatic heterocycles. The standard InChI is InChI=1S/C21H16F2N2O2/c1-13-2-9-17(18(22)10-13)20-11-16(19(23)12-24-20)8-5-14-3-6-15(7-4-14)21(26)25-27/h2-12,27H,1H3,(H,25,26)/b8-5+. The smallest absolute Gasteiger partial charge is 0.274 e. The highest BCUT2D eigenvalue weighted by Gasteiger charge is 2.09. The summed E-state index contributed by atoms with van der Waals surface area (Å²) in [6.45, 7) is 1.79. The number of rotatable bonds is 4. The minimum atomic E-state index is -0.615. The van der Waals surface area contributed by atoms with Crippen LogP contribution in [0.4, 0.5) is 8.78 Å². The monoisotopic (exact) mass is 366 g/mol. The van der Waals surface area contributed by atoms with Crippen molar-refractivity contribution in [1.82, 2.24) is 10.5 Å². The zero-order chi connectivity index (χ0) is 19.4. The van der Waals surface area contributed by atoms with Gasteiger partial charge in [0.25, 0.3) is 5.91 Å². The van der Waals surface area contributed by atoms with Gasteiger partial charge >= 0.3 is 0 Å². The van der Waals surface area contributed by atoms with Crippen LogP contribution in [0, 0.1) is 18.6 Å². The van der Waals surface area contributed by atoms with Crippen molar-refractivity contribution in [3.63, 3.8) is 0 Å². The second-order valence-corrected chi connectivity index (χ2v) is 5.97. The van der Waals surface area contributed by atoms with E-state index in [1.54, 1.807) is 48.8 Å². The first kappa shape index (κ1) is 18.4. The van der Waals surface area contributed by atoms with Crippen LogP contribution in [0.2, 0.25) is 0 Å². The Bertz CT molecular complexity index is 1020. The van der Waals surface area contributed by atoms with E-state index in [2.05, 4.69) is 4.98 Å². The Morgan fingerprint density at radius 3 is 2.44 bits per heavy atom. The zero-order valence-electron chi connectivity index (χ0n) is 14.4. The number of pyridine rings is 1. The SMILES string of the molecule is Cc1ccc(-c2cc(/C=C/c3ccc(C(=O)NO)cc3)c(F)cn2)c(F)c1. The third-order valence-corrected chi connectivity index (χ3v) is 4.02. The van der Waals surface area contributed by atoms with Crippen molar-refractivity contribution in [2.24, 2.45) is 0 Å². The van der Waals surface area contributed by atoms with Crippen LogP contribution in [0.1, 0.15) is 27.0 Å². The van der Waals surface area contributed by atoms with Gasteiger partial charge in [0, 0.05) is 16.7 Å². The molecule has 0 saturated heterocycles. The van der Waals surface area contributed by atoms with Crippen molar-refractivity contribution in [2.45, 2.75) is 6.92 Å². The summed E-state index contributed by atoms with van der Waals surface area (Å²) in [5.74, 6) is -1.56. The van der Waals surface area contributed by atoms with Gasteiger partial charge in [0.15, 0.2) is 0 Å². The summed E-state index contributed by atoms with van der Waals surface area (Å²) >= 11 is 0. The maximum absolute atomic E-state index is 14.1. The molecule has 0 bridgehead atoms. The summed E-state index contributed by atoms with van der Waals surface area (Å²) in [7, 11) is 0. The number of nitrogens with zero attached hydrogens (tertiary/aromatic N) is 1. The summed E-state index contributed by atoms with van der Waals surface area (Å²) in [6, 6.07) is 12.6. The summed E-state index contributed by atoms with van der Waals surface area (Å²) < 4.78 is 28.2. The predicted molar refractivity (Wildman–Crippen MR) is 98.9 cm³/mol. The Labute approximate surface area is 154 Å². The van der Waals surface area contributed by atoms with Gasteiger partial charge in [0.05, 0.1) is 11.9 Å². The van der Waals surface area contributed by atoms with Crippen LogP contribution >= 0.6 is 0 Å². The number of hydrogen-bond donors (Lipinski definition) is 2. The lowest BCUT2D eigenvalue weighted by atomic mass is 10.1. The number of aromatic nitrogens is 1. The molecule has 0 atom stereocenters. The van der Waals surface area contributed by atoms with E-state index in [9.17, 15) is 13.6 Å². The molecule has 27 heavy (non-hydrogen) atoms. The van der Waals surface area contributed by atoms with Crippen LogP contribution in [0.3, 0.4) is 0 Å². The number of amides is 1. The van der Waals surface area contributed by atoms with Crippen LogP contribution in [0.15, 0.2) is 54.7 Å². The molecule has 0 fully saturated rings. The predicted octanol–water partition coefficient (Wildman–Crippen LogP) is 4.62. The molecule has 3 aromatic rings. The van der Waals surface area contributed by atoms with E-state index in [0.29, 0.717) is 16.8 Å². The molecule has 0 radical (unpaired) electrons. The van der Waals surface area contributed by atoms with Crippen molar-refractivity contribution in [3.05, 3.63) is 88.6 Å². The lowest BCUT2D eigenvalue weighted by Gasteiger charge is -2.06. The van der Waals surface area contributed by atoms with Crippen molar-refractivity contribution < 1.29 is 18.8 Å². The highest BCUT2D eigenvalue weighted by Crippen LogP contribution is 2.24. The molecule has 4 nitrogen and oxygen atoms in total. The number of hydrogen-bond acceptors (Lipinski definition) is 3. The molecule has 3 rings (SSSR count). The Hall–Kier alpha value is -3.38. The minimum absolute atomic E-state index is 0.261. The van der Waals surface area contributed by atoms with Crippen LogP contribution in [-0.2, 0) is 0 Å². The number of carbonyl (C=O) groups excluding carboxylic acids is 1. The summed E-state index contributed by atoms with van der Waals surface area (Å²) in [5, 5.41) is 8.61. The molecule has 0 aliphatic carbocycles. The zero-order valence-corrected chi connectivity index (χ0v) is 14.4. The number of aryl methyl sites for hydroxylation is 1. The van der Waals surface area contributed by atoms with Crippen LogP contribution in [-0.4, -0.2) is 16.1 Å². The molecule has 0 spiro atoms. The van der Waals surface area contributed by atoms with E-state index in [-0.39, 0.29) is 5.56 Å². The van der Waals surface area contributed by atoms with E-state index >= 15 is 0 Å². The Morgan fingerprint density at radius 1 is 1.04 bits per heavy atom. The van der Waals surface area contributed by atoms with Gasteiger partial charge in [0.1, 0.15) is 11.6 Å². The normalized spacial score (nSPS) is 11.0. The quantitative estimate of drug-likeness (QED) is 0.523. The number of nitrogens with one attached hydrogen (secondary N) is 1. The first-order chi connectivity index (χ1) is 13.0. The van der Waals surface area contributed by atoms with Crippen LogP contribution < -0.4 is 5.48 Å². The number of carbonyl (C=O) groups is 1. The molecule has 136 valence electrons. The largest absolute Gasteiger partial charge is 0.288 e. The topological polar surface area (TPSA) is 62.2 Å². The molecule has 6 heteroatoms. The van der Waals surface area contributed by atoms with Gasteiger partial charge in [-0.05, 0) is 48.4 Å².